The van der Waals surface area contributed by atoms with Gasteiger partial charge in [0.2, 0.25) is 0 Å². The normalized spacial score (nSPS) is 10.1. The largest absolute Gasteiger partial charge is 0.506 e. The van der Waals surface area contributed by atoms with Crippen LogP contribution in [-0.4, -0.2) is 10.0 Å². The second kappa shape index (κ2) is 4.93. The topological polar surface area (TPSA) is 75.4 Å². The van der Waals surface area contributed by atoms with Crippen LogP contribution >= 0.6 is 11.6 Å². The zero-order valence-corrected chi connectivity index (χ0v) is 9.89. The van der Waals surface area contributed by atoms with E-state index in [1.165, 1.54) is 24.3 Å². The molecule has 2 aromatic carbocycles. The number of nitrogens with zero attached hydrogens (tertiary/aromatic N) is 1. The van der Waals surface area contributed by atoms with Gasteiger partial charge < -0.3 is 10.4 Å². The summed E-state index contributed by atoms with van der Waals surface area (Å²) in [5.74, 6) is 0.00627. The fraction of sp³-hybridized carbons (Fsp3) is 0. The van der Waals surface area contributed by atoms with Crippen LogP contribution in [0.2, 0.25) is 5.02 Å². The number of aromatic hydroxyl groups is 1. The van der Waals surface area contributed by atoms with Gasteiger partial charge in [0.05, 0.1) is 10.6 Å². The van der Waals surface area contributed by atoms with Crippen molar-refractivity contribution in [2.75, 3.05) is 5.32 Å². The van der Waals surface area contributed by atoms with Gasteiger partial charge in [-0.25, -0.2) is 0 Å². The first kappa shape index (κ1) is 12.2. The van der Waals surface area contributed by atoms with Gasteiger partial charge >= 0.3 is 0 Å². The van der Waals surface area contributed by atoms with E-state index in [0.717, 1.165) is 0 Å². The number of halogens is 1. The maximum Gasteiger partial charge on any atom is 0.292 e. The molecule has 0 saturated carbocycles. The Hall–Kier alpha value is -2.27. The molecule has 0 heterocycles. The minimum Gasteiger partial charge on any atom is -0.506 e. The van der Waals surface area contributed by atoms with Crippen LogP contribution in [0.5, 0.6) is 5.75 Å². The minimum absolute atomic E-state index is 0.00627. The highest BCUT2D eigenvalue weighted by atomic mass is 35.5. The number of rotatable bonds is 3. The monoisotopic (exact) mass is 264 g/mol. The lowest BCUT2D eigenvalue weighted by molar-refractivity contribution is -0.383. The number of nitrogens with one attached hydrogen (secondary N) is 1. The predicted molar refractivity (Wildman–Crippen MR) is 69.5 cm³/mol. The summed E-state index contributed by atoms with van der Waals surface area (Å²) in [6, 6.07) is 10.6. The van der Waals surface area contributed by atoms with Crippen LogP contribution < -0.4 is 5.32 Å². The summed E-state index contributed by atoms with van der Waals surface area (Å²) in [6.07, 6.45) is 0. The zero-order valence-electron chi connectivity index (χ0n) is 9.13. The van der Waals surface area contributed by atoms with Crippen molar-refractivity contribution in [2.24, 2.45) is 0 Å². The SMILES string of the molecule is O=[N+]([O-])c1ccc(Cl)cc1Nc1ccccc1O. The van der Waals surface area contributed by atoms with E-state index in [-0.39, 0.29) is 17.1 Å². The van der Waals surface area contributed by atoms with Crippen molar-refractivity contribution in [3.63, 3.8) is 0 Å². The summed E-state index contributed by atoms with van der Waals surface area (Å²) in [6.45, 7) is 0. The molecule has 6 heteroatoms. The third kappa shape index (κ3) is 2.52. The van der Waals surface area contributed by atoms with Crippen molar-refractivity contribution in [2.45, 2.75) is 0 Å². The van der Waals surface area contributed by atoms with Crippen molar-refractivity contribution in [3.8, 4) is 5.75 Å². The Morgan fingerprint density at radius 1 is 1.17 bits per heavy atom. The molecule has 0 fully saturated rings. The molecule has 0 saturated heterocycles. The van der Waals surface area contributed by atoms with Gasteiger partial charge in [-0.15, -0.1) is 0 Å². The Bertz CT molecular complexity index is 602. The van der Waals surface area contributed by atoms with Gasteiger partial charge in [-0.2, -0.15) is 0 Å². The maximum atomic E-state index is 10.9. The highest BCUT2D eigenvalue weighted by Gasteiger charge is 2.14. The van der Waals surface area contributed by atoms with Crippen molar-refractivity contribution in [1.82, 2.24) is 0 Å². The lowest BCUT2D eigenvalue weighted by Crippen LogP contribution is -1.97. The van der Waals surface area contributed by atoms with Gasteiger partial charge in [-0.1, -0.05) is 23.7 Å². The number of benzene rings is 2. The van der Waals surface area contributed by atoms with Crippen LogP contribution in [0.15, 0.2) is 42.5 Å². The summed E-state index contributed by atoms with van der Waals surface area (Å²) in [5, 5.41) is 23.6. The number of hydrogen-bond acceptors (Lipinski definition) is 4. The average molecular weight is 265 g/mol. The molecule has 2 rings (SSSR count). The number of phenolic OH excluding ortho intramolecular Hbond substituents is 1. The number of nitro groups is 1. The Labute approximate surface area is 108 Å². The van der Waals surface area contributed by atoms with Crippen LogP contribution in [0.25, 0.3) is 0 Å². The molecule has 0 amide bonds. The Morgan fingerprint density at radius 2 is 1.89 bits per heavy atom. The fourth-order valence-corrected chi connectivity index (χ4v) is 1.66. The third-order valence-electron chi connectivity index (χ3n) is 2.33. The molecule has 0 aliphatic rings. The van der Waals surface area contributed by atoms with Gasteiger partial charge in [0.25, 0.3) is 5.69 Å². The average Bonchev–Trinajstić information content (AvgIpc) is 2.32. The first-order chi connectivity index (χ1) is 8.58. The summed E-state index contributed by atoms with van der Waals surface area (Å²) in [4.78, 5) is 10.4. The van der Waals surface area contributed by atoms with E-state index in [2.05, 4.69) is 5.32 Å². The quantitative estimate of drug-likeness (QED) is 0.503. The molecular formula is C12H9ClN2O3. The van der Waals surface area contributed by atoms with Crippen LogP contribution in [0.1, 0.15) is 0 Å². The highest BCUT2D eigenvalue weighted by molar-refractivity contribution is 6.31. The number of nitro benzene ring substituents is 1. The van der Waals surface area contributed by atoms with E-state index >= 15 is 0 Å². The smallest absolute Gasteiger partial charge is 0.292 e. The van der Waals surface area contributed by atoms with Gasteiger partial charge in [-0.3, -0.25) is 10.1 Å². The second-order valence-electron chi connectivity index (χ2n) is 3.56. The molecule has 0 bridgehead atoms. The molecule has 92 valence electrons. The van der Waals surface area contributed by atoms with Crippen LogP contribution in [0.4, 0.5) is 17.1 Å². The zero-order chi connectivity index (χ0) is 13.1. The summed E-state index contributed by atoms with van der Waals surface area (Å²) in [5.41, 5.74) is 0.500. The molecule has 0 spiro atoms. The van der Waals surface area contributed by atoms with Crippen molar-refractivity contribution < 1.29 is 10.0 Å². The maximum absolute atomic E-state index is 10.9. The molecule has 2 aromatic rings. The minimum atomic E-state index is -0.515. The molecule has 0 unspecified atom stereocenters. The number of anilines is 2. The van der Waals surface area contributed by atoms with Crippen molar-refractivity contribution in [3.05, 3.63) is 57.6 Å². The van der Waals surface area contributed by atoms with E-state index in [9.17, 15) is 15.2 Å². The number of phenols is 1. The first-order valence-corrected chi connectivity index (χ1v) is 5.44. The molecule has 2 N–H and O–H groups in total. The van der Waals surface area contributed by atoms with E-state index in [0.29, 0.717) is 10.7 Å². The summed E-state index contributed by atoms with van der Waals surface area (Å²) >= 11 is 5.80. The Kier molecular flexibility index (Phi) is 3.34. The van der Waals surface area contributed by atoms with Gasteiger partial charge in [0.1, 0.15) is 11.4 Å². The van der Waals surface area contributed by atoms with Crippen LogP contribution in [-0.2, 0) is 0 Å². The van der Waals surface area contributed by atoms with Crippen LogP contribution in [0.3, 0.4) is 0 Å². The Morgan fingerprint density at radius 3 is 2.56 bits per heavy atom. The highest BCUT2D eigenvalue weighted by Crippen LogP contribution is 2.33. The van der Waals surface area contributed by atoms with Crippen LogP contribution in [0, 0.1) is 10.1 Å². The summed E-state index contributed by atoms with van der Waals surface area (Å²) in [7, 11) is 0. The van der Waals surface area contributed by atoms with Crippen molar-refractivity contribution >= 4 is 28.7 Å². The van der Waals surface area contributed by atoms with E-state index in [1.54, 1.807) is 18.2 Å². The molecule has 18 heavy (non-hydrogen) atoms. The fourth-order valence-electron chi connectivity index (χ4n) is 1.49. The lowest BCUT2D eigenvalue weighted by Gasteiger charge is -2.08. The molecule has 0 aliphatic heterocycles. The van der Waals surface area contributed by atoms with Crippen molar-refractivity contribution in [1.29, 1.82) is 0 Å². The third-order valence-corrected chi connectivity index (χ3v) is 2.56. The number of para-hydroxylation sites is 2. The molecule has 0 aliphatic carbocycles. The van der Waals surface area contributed by atoms with E-state index < -0.39 is 4.92 Å². The molecule has 0 radical (unpaired) electrons. The first-order valence-electron chi connectivity index (χ1n) is 5.07. The lowest BCUT2D eigenvalue weighted by atomic mass is 10.2. The Balaban J connectivity index is 2.42. The molecule has 5 nitrogen and oxygen atoms in total. The van der Waals surface area contributed by atoms with E-state index in [4.69, 9.17) is 11.6 Å². The van der Waals surface area contributed by atoms with Gasteiger partial charge in [-0.05, 0) is 24.3 Å². The molecule has 0 aromatic heterocycles. The predicted octanol–water partition coefficient (Wildman–Crippen LogP) is 3.70. The summed E-state index contributed by atoms with van der Waals surface area (Å²) < 4.78 is 0. The standard InChI is InChI=1S/C12H9ClN2O3/c13-8-5-6-11(15(17)18)10(7-8)14-9-3-1-2-4-12(9)16/h1-7,14,16H. The molecule has 0 atom stereocenters. The second-order valence-corrected chi connectivity index (χ2v) is 4.00. The number of hydrogen-bond donors (Lipinski definition) is 2. The van der Waals surface area contributed by atoms with E-state index in [1.807, 2.05) is 0 Å². The van der Waals surface area contributed by atoms with Gasteiger partial charge in [0, 0.05) is 11.1 Å². The van der Waals surface area contributed by atoms with Gasteiger partial charge in [0.15, 0.2) is 0 Å². The molecular weight excluding hydrogens is 256 g/mol.